The summed E-state index contributed by atoms with van der Waals surface area (Å²) in [7, 11) is 2.17. The maximum Gasteiger partial charge on any atom is 0.213 e. The molecule has 6 bridgehead atoms. The molecule has 1 nitrogen and oxygen atoms in total. The van der Waals surface area contributed by atoms with E-state index in [9.17, 15) is 0 Å². The highest BCUT2D eigenvalue weighted by atomic mass is 14.9. The predicted molar refractivity (Wildman–Crippen MR) is 128 cm³/mol. The second-order valence-corrected chi connectivity index (χ2v) is 9.22. The molecule has 3 aliphatic rings. The molecule has 3 aliphatic carbocycles. The lowest BCUT2D eigenvalue weighted by Crippen LogP contribution is -2.31. The van der Waals surface area contributed by atoms with Crippen molar-refractivity contribution in [2.45, 2.75) is 39.0 Å². The molecule has 0 aliphatic heterocycles. The van der Waals surface area contributed by atoms with Crippen LogP contribution in [0.3, 0.4) is 0 Å². The SMILES string of the molecule is Cc1ccc2c3c1-c1cc(cc[n+]1C)-c1ccc(cc1)CCCCc1cccc-2c1C3. The monoisotopic (exact) mass is 402 g/mol. The van der Waals surface area contributed by atoms with E-state index in [2.05, 4.69) is 91.5 Å². The topological polar surface area (TPSA) is 3.88 Å². The van der Waals surface area contributed by atoms with Crippen LogP contribution in [0.5, 0.6) is 0 Å². The third kappa shape index (κ3) is 3.03. The number of nitrogens with zero attached hydrogens (tertiary/aromatic N) is 1. The molecule has 31 heavy (non-hydrogen) atoms. The Morgan fingerprint density at radius 3 is 2.42 bits per heavy atom. The van der Waals surface area contributed by atoms with Crippen LogP contribution in [-0.2, 0) is 26.3 Å². The molecule has 0 amide bonds. The summed E-state index contributed by atoms with van der Waals surface area (Å²) in [6.45, 7) is 2.26. The molecular weight excluding hydrogens is 374 g/mol. The number of hydrogen-bond acceptors (Lipinski definition) is 0. The molecule has 0 fully saturated rings. The normalized spacial score (nSPS) is 14.1. The zero-order chi connectivity index (χ0) is 20.9. The van der Waals surface area contributed by atoms with Gasteiger partial charge >= 0.3 is 0 Å². The van der Waals surface area contributed by atoms with Crippen LogP contribution in [-0.4, -0.2) is 0 Å². The summed E-state index contributed by atoms with van der Waals surface area (Å²) in [4.78, 5) is 0. The Labute approximate surface area is 185 Å². The van der Waals surface area contributed by atoms with Crippen molar-refractivity contribution in [3.05, 3.63) is 101 Å². The van der Waals surface area contributed by atoms with Gasteiger partial charge in [0.05, 0.1) is 5.56 Å². The minimum absolute atomic E-state index is 1.05. The minimum atomic E-state index is 1.05. The Hall–Kier alpha value is -3.19. The van der Waals surface area contributed by atoms with E-state index in [1.165, 1.54) is 75.0 Å². The summed E-state index contributed by atoms with van der Waals surface area (Å²) >= 11 is 0. The van der Waals surface area contributed by atoms with Gasteiger partial charge in [0.1, 0.15) is 7.05 Å². The van der Waals surface area contributed by atoms with Gasteiger partial charge in [-0.1, -0.05) is 54.6 Å². The van der Waals surface area contributed by atoms with Crippen LogP contribution in [0.2, 0.25) is 0 Å². The standard InChI is InChI=1S/C30H28N/c1-20-10-15-26-25-9-5-8-23-7-4-3-6-21-11-13-22(14-12-21)24-16-17-31(2)29(18-24)30(20)28(26)19-27(23)25/h5,8-18H,3-4,6-7,19H2,1-2H3/q+1. The molecule has 0 saturated heterocycles. The Morgan fingerprint density at radius 2 is 1.55 bits per heavy atom. The average molecular weight is 403 g/mol. The number of benzene rings is 3. The third-order valence-corrected chi connectivity index (χ3v) is 7.29. The van der Waals surface area contributed by atoms with E-state index in [0.717, 1.165) is 12.8 Å². The van der Waals surface area contributed by atoms with E-state index in [4.69, 9.17) is 0 Å². The van der Waals surface area contributed by atoms with Crippen LogP contribution in [0.4, 0.5) is 0 Å². The highest BCUT2D eigenvalue weighted by molar-refractivity contribution is 5.86. The highest BCUT2D eigenvalue weighted by Crippen LogP contribution is 2.44. The van der Waals surface area contributed by atoms with Gasteiger partial charge in [-0.3, -0.25) is 0 Å². The first-order valence-corrected chi connectivity index (χ1v) is 11.5. The number of hydrogen-bond donors (Lipinski definition) is 0. The first-order chi connectivity index (χ1) is 15.2. The van der Waals surface area contributed by atoms with E-state index in [-0.39, 0.29) is 0 Å². The largest absolute Gasteiger partial charge is 0.213 e. The Kier molecular flexibility index (Phi) is 4.31. The van der Waals surface area contributed by atoms with Crippen molar-refractivity contribution in [2.24, 2.45) is 7.05 Å². The maximum atomic E-state index is 2.38. The first-order valence-electron chi connectivity index (χ1n) is 11.5. The van der Waals surface area contributed by atoms with Crippen molar-refractivity contribution in [2.75, 3.05) is 0 Å². The van der Waals surface area contributed by atoms with Gasteiger partial charge in [0.15, 0.2) is 6.20 Å². The van der Waals surface area contributed by atoms with Crippen molar-refractivity contribution < 1.29 is 4.57 Å². The highest BCUT2D eigenvalue weighted by Gasteiger charge is 2.28. The Bertz CT molecular complexity index is 1310. The van der Waals surface area contributed by atoms with Gasteiger partial charge in [0.2, 0.25) is 5.69 Å². The van der Waals surface area contributed by atoms with E-state index in [1.54, 1.807) is 5.56 Å². The van der Waals surface area contributed by atoms with Gasteiger partial charge in [-0.05, 0) is 89.1 Å². The zero-order valence-electron chi connectivity index (χ0n) is 18.4. The van der Waals surface area contributed by atoms with E-state index in [0.29, 0.717) is 0 Å². The molecule has 1 aromatic heterocycles. The van der Waals surface area contributed by atoms with Gasteiger partial charge in [-0.15, -0.1) is 0 Å². The molecule has 1 heterocycles. The van der Waals surface area contributed by atoms with Crippen LogP contribution in [0.15, 0.2) is 72.9 Å². The van der Waals surface area contributed by atoms with Crippen LogP contribution in [0.1, 0.15) is 40.7 Å². The molecule has 4 aromatic rings. The number of aromatic nitrogens is 1. The van der Waals surface area contributed by atoms with Crippen molar-refractivity contribution in [1.29, 1.82) is 0 Å². The number of rotatable bonds is 0. The Morgan fingerprint density at radius 1 is 0.742 bits per heavy atom. The van der Waals surface area contributed by atoms with Gasteiger partial charge in [0, 0.05) is 12.1 Å². The molecule has 7 rings (SSSR count). The molecule has 0 spiro atoms. The third-order valence-electron chi connectivity index (χ3n) is 7.29. The van der Waals surface area contributed by atoms with Crippen molar-refractivity contribution in [3.8, 4) is 33.5 Å². The minimum Gasteiger partial charge on any atom is -0.201 e. The fourth-order valence-corrected chi connectivity index (χ4v) is 5.57. The van der Waals surface area contributed by atoms with Gasteiger partial charge < -0.3 is 0 Å². The predicted octanol–water partition coefficient (Wildman–Crippen LogP) is 6.60. The summed E-state index contributed by atoms with van der Waals surface area (Å²) in [5, 5.41) is 0. The van der Waals surface area contributed by atoms with Crippen LogP contribution in [0.25, 0.3) is 33.5 Å². The fraction of sp³-hybridized carbons (Fsp3) is 0.233. The summed E-state index contributed by atoms with van der Waals surface area (Å²) in [5.74, 6) is 0. The number of pyridine rings is 1. The summed E-state index contributed by atoms with van der Waals surface area (Å²) in [6, 6.07) is 25.4. The van der Waals surface area contributed by atoms with Gasteiger partial charge in [0.25, 0.3) is 0 Å². The smallest absolute Gasteiger partial charge is 0.201 e. The summed E-state index contributed by atoms with van der Waals surface area (Å²) < 4.78 is 2.29. The van der Waals surface area contributed by atoms with E-state index in [1.807, 2.05) is 0 Å². The Balaban J connectivity index is 1.62. The van der Waals surface area contributed by atoms with E-state index >= 15 is 0 Å². The summed E-state index contributed by atoms with van der Waals surface area (Å²) in [5.41, 5.74) is 15.6. The molecule has 0 saturated carbocycles. The van der Waals surface area contributed by atoms with Crippen LogP contribution < -0.4 is 4.57 Å². The van der Waals surface area contributed by atoms with Crippen molar-refractivity contribution >= 4 is 0 Å². The van der Waals surface area contributed by atoms with Crippen molar-refractivity contribution in [3.63, 3.8) is 0 Å². The lowest BCUT2D eigenvalue weighted by molar-refractivity contribution is -0.660. The summed E-state index contributed by atoms with van der Waals surface area (Å²) in [6.07, 6.45) is 8.09. The van der Waals surface area contributed by atoms with E-state index < -0.39 is 0 Å². The molecule has 0 N–H and O–H groups in total. The molecule has 0 unspecified atom stereocenters. The second-order valence-electron chi connectivity index (χ2n) is 9.22. The molecule has 0 atom stereocenters. The average Bonchev–Trinajstić information content (AvgIpc) is 3.17. The van der Waals surface area contributed by atoms with Crippen LogP contribution in [0, 0.1) is 6.92 Å². The lowest BCUT2D eigenvalue weighted by atomic mass is 9.92. The molecular formula is C30H28N+. The molecule has 3 aromatic carbocycles. The van der Waals surface area contributed by atoms with Gasteiger partial charge in [-0.2, -0.15) is 0 Å². The van der Waals surface area contributed by atoms with Gasteiger partial charge in [-0.25, -0.2) is 4.57 Å². The first kappa shape index (κ1) is 18.6. The zero-order valence-corrected chi connectivity index (χ0v) is 18.4. The fourth-order valence-electron chi connectivity index (χ4n) is 5.57. The van der Waals surface area contributed by atoms with Crippen molar-refractivity contribution in [1.82, 2.24) is 0 Å². The number of fused-ring (bicyclic) bond motifs is 6. The molecule has 1 heteroatoms. The lowest BCUT2D eigenvalue weighted by Gasteiger charge is -2.12. The second kappa shape index (κ2) is 7.20. The quantitative estimate of drug-likeness (QED) is 0.257. The number of aryl methyl sites for hydroxylation is 4. The van der Waals surface area contributed by atoms with Crippen LogP contribution >= 0.6 is 0 Å². The molecule has 152 valence electrons. The maximum absolute atomic E-state index is 2.38. The molecule has 0 radical (unpaired) electrons.